The molecule has 1 N–H and O–H groups in total. The van der Waals surface area contributed by atoms with E-state index in [0.717, 1.165) is 11.8 Å². The number of hydrogen-bond acceptors (Lipinski definition) is 5. The lowest BCUT2D eigenvalue weighted by Crippen LogP contribution is -2.51. The first-order chi connectivity index (χ1) is 14.6. The van der Waals surface area contributed by atoms with E-state index < -0.39 is 22.0 Å². The Bertz CT molecular complexity index is 1040. The second kappa shape index (κ2) is 8.91. The van der Waals surface area contributed by atoms with Gasteiger partial charge in [-0.05, 0) is 44.4 Å². The Morgan fingerprint density at radius 2 is 2.00 bits per heavy atom. The van der Waals surface area contributed by atoms with Crippen molar-refractivity contribution < 1.29 is 26.7 Å². The summed E-state index contributed by atoms with van der Waals surface area (Å²) in [6.45, 7) is 0.543. The second-order valence-electron chi connectivity index (χ2n) is 7.85. The Hall–Kier alpha value is -2.53. The van der Waals surface area contributed by atoms with Crippen molar-refractivity contribution in [3.05, 3.63) is 41.7 Å². The monoisotopic (exact) mass is 456 g/mol. The molecule has 11 heteroatoms. The lowest BCUT2D eigenvalue weighted by atomic mass is 9.82. The van der Waals surface area contributed by atoms with E-state index in [1.54, 1.807) is 26.2 Å². The lowest BCUT2D eigenvalue weighted by molar-refractivity contribution is -0.132. The number of rotatable bonds is 7. The van der Waals surface area contributed by atoms with Crippen LogP contribution in [0.15, 0.2) is 35.4 Å². The van der Waals surface area contributed by atoms with Gasteiger partial charge in [0.05, 0.1) is 24.4 Å². The van der Waals surface area contributed by atoms with Crippen LogP contribution in [0.2, 0.25) is 0 Å². The molecule has 0 spiro atoms. The summed E-state index contributed by atoms with van der Waals surface area (Å²) >= 11 is 0. The fourth-order valence-corrected chi connectivity index (χ4v) is 5.47. The van der Waals surface area contributed by atoms with E-state index in [1.165, 1.54) is 11.2 Å². The van der Waals surface area contributed by atoms with Crippen LogP contribution >= 0.6 is 0 Å². The average Bonchev–Trinajstić information content (AvgIpc) is 3.14. The van der Waals surface area contributed by atoms with Crippen LogP contribution in [0, 0.1) is 12.3 Å². The number of hydrogen-bond donors (Lipinski definition) is 1. The third-order valence-electron chi connectivity index (χ3n) is 5.62. The number of nitrogens with zero attached hydrogens (tertiary/aromatic N) is 3. The van der Waals surface area contributed by atoms with Gasteiger partial charge in [0, 0.05) is 19.6 Å². The van der Waals surface area contributed by atoms with Crippen LogP contribution < -0.4 is 10.1 Å². The zero-order valence-electron chi connectivity index (χ0n) is 17.6. The fraction of sp³-hybridized carbons (Fsp3) is 0.500. The van der Waals surface area contributed by atoms with Crippen molar-refractivity contribution in [1.82, 2.24) is 19.4 Å². The van der Waals surface area contributed by atoms with Crippen LogP contribution in [0.5, 0.6) is 5.75 Å². The number of amides is 1. The summed E-state index contributed by atoms with van der Waals surface area (Å²) in [6, 6.07) is 7.26. The Morgan fingerprint density at radius 3 is 2.58 bits per heavy atom. The molecule has 8 nitrogen and oxygen atoms in total. The van der Waals surface area contributed by atoms with Gasteiger partial charge in [0.1, 0.15) is 10.6 Å². The van der Waals surface area contributed by atoms with Crippen LogP contribution in [-0.4, -0.2) is 48.6 Å². The maximum absolute atomic E-state index is 13.1. The minimum absolute atomic E-state index is 0.0386. The van der Waals surface area contributed by atoms with Crippen LogP contribution in [0.1, 0.15) is 37.6 Å². The molecule has 1 aromatic heterocycles. The van der Waals surface area contributed by atoms with Gasteiger partial charge in [-0.2, -0.15) is 18.2 Å². The van der Waals surface area contributed by atoms with Crippen LogP contribution in [-0.2, 0) is 21.4 Å². The number of alkyl halides is 2. The number of piperidine rings is 1. The molecule has 0 unspecified atom stereocenters. The molecule has 1 amide bonds. The van der Waals surface area contributed by atoms with Crippen molar-refractivity contribution in [2.75, 3.05) is 20.2 Å². The van der Waals surface area contributed by atoms with Crippen molar-refractivity contribution in [1.29, 1.82) is 0 Å². The quantitative estimate of drug-likeness (QED) is 0.692. The molecule has 1 aromatic carbocycles. The molecule has 170 valence electrons. The van der Waals surface area contributed by atoms with Gasteiger partial charge >= 0.3 is 6.55 Å². The molecule has 0 radical (unpaired) electrons. The fourth-order valence-electron chi connectivity index (χ4n) is 3.72. The first-order valence-electron chi connectivity index (χ1n) is 9.82. The molecular weight excluding hydrogens is 430 g/mol. The molecule has 0 saturated carbocycles. The van der Waals surface area contributed by atoms with E-state index in [4.69, 9.17) is 4.74 Å². The summed E-state index contributed by atoms with van der Waals surface area (Å²) in [5.41, 5.74) is -0.191. The average molecular weight is 457 g/mol. The Morgan fingerprint density at radius 1 is 1.32 bits per heavy atom. The number of sulfonamides is 1. The van der Waals surface area contributed by atoms with E-state index in [1.807, 2.05) is 12.1 Å². The minimum Gasteiger partial charge on any atom is -0.497 e. The highest BCUT2D eigenvalue weighted by Crippen LogP contribution is 2.34. The summed E-state index contributed by atoms with van der Waals surface area (Å²) in [5, 5.41) is 6.37. The largest absolute Gasteiger partial charge is 0.497 e. The zero-order valence-corrected chi connectivity index (χ0v) is 18.5. The van der Waals surface area contributed by atoms with Crippen molar-refractivity contribution in [2.24, 2.45) is 5.41 Å². The van der Waals surface area contributed by atoms with Crippen molar-refractivity contribution in [3.8, 4) is 5.75 Å². The van der Waals surface area contributed by atoms with Crippen LogP contribution in [0.3, 0.4) is 0 Å². The first-order valence-corrected chi connectivity index (χ1v) is 11.3. The second-order valence-corrected chi connectivity index (χ2v) is 9.76. The summed E-state index contributed by atoms with van der Waals surface area (Å²) in [5.74, 6) is 0.448. The molecule has 0 bridgehead atoms. The van der Waals surface area contributed by atoms with E-state index in [-0.39, 0.29) is 29.6 Å². The van der Waals surface area contributed by atoms with E-state index in [9.17, 15) is 22.0 Å². The van der Waals surface area contributed by atoms with Gasteiger partial charge in [-0.3, -0.25) is 4.79 Å². The van der Waals surface area contributed by atoms with Gasteiger partial charge < -0.3 is 10.1 Å². The highest BCUT2D eigenvalue weighted by molar-refractivity contribution is 7.89. The number of carbonyl (C=O) groups is 1. The van der Waals surface area contributed by atoms with Crippen molar-refractivity contribution >= 4 is 15.9 Å². The zero-order chi connectivity index (χ0) is 22.8. The number of benzene rings is 1. The Labute approximate surface area is 180 Å². The summed E-state index contributed by atoms with van der Waals surface area (Å²) in [7, 11) is -2.49. The first kappa shape index (κ1) is 23.1. The smallest absolute Gasteiger partial charge is 0.333 e. The van der Waals surface area contributed by atoms with Crippen molar-refractivity contribution in [3.63, 3.8) is 0 Å². The number of halogens is 2. The molecule has 3 rings (SSSR count). The summed E-state index contributed by atoms with van der Waals surface area (Å²) in [6.07, 6.45) is 1.93. The summed E-state index contributed by atoms with van der Waals surface area (Å²) in [4.78, 5) is 12.6. The highest BCUT2D eigenvalue weighted by atomic mass is 32.2. The van der Waals surface area contributed by atoms with Gasteiger partial charge in [0.25, 0.3) is 0 Å². The topological polar surface area (TPSA) is 93.5 Å². The molecule has 2 aromatic rings. The minimum atomic E-state index is -4.06. The van der Waals surface area contributed by atoms with E-state index in [0.29, 0.717) is 29.8 Å². The molecule has 1 saturated heterocycles. The molecule has 31 heavy (non-hydrogen) atoms. The third-order valence-corrected chi connectivity index (χ3v) is 7.57. The normalized spacial score (nSPS) is 20.1. The van der Waals surface area contributed by atoms with Crippen LogP contribution in [0.4, 0.5) is 8.78 Å². The van der Waals surface area contributed by atoms with Gasteiger partial charge in [-0.15, -0.1) is 0 Å². The van der Waals surface area contributed by atoms with E-state index in [2.05, 4.69) is 10.4 Å². The molecule has 1 aliphatic rings. The maximum atomic E-state index is 13.1. The number of methoxy groups -OCH3 is 1. The predicted molar refractivity (Wildman–Crippen MR) is 109 cm³/mol. The predicted octanol–water partition coefficient (Wildman–Crippen LogP) is 2.70. The van der Waals surface area contributed by atoms with Crippen LogP contribution in [0.25, 0.3) is 0 Å². The SMILES string of the molecule is COc1ccc(CNC(=O)[C@]2(C)CCCN(S(=O)(=O)c3cnn(C(F)F)c3C)C2)cc1. The highest BCUT2D eigenvalue weighted by Gasteiger charge is 2.42. The molecule has 1 atom stereocenters. The van der Waals surface area contributed by atoms with Gasteiger partial charge in [-0.25, -0.2) is 13.1 Å². The molecular formula is C20H26F2N4O4S. The Kier molecular flexibility index (Phi) is 6.65. The standard InChI is InChI=1S/C20H26F2N4O4S/c1-14-17(12-24-26(14)19(21)22)31(28,29)25-10-4-9-20(2,13-25)18(27)23-11-15-5-7-16(30-3)8-6-15/h5-8,12,19H,4,9-11,13H2,1-3H3,(H,23,27)/t20-/m1/s1. The van der Waals surface area contributed by atoms with Gasteiger partial charge in [0.2, 0.25) is 15.9 Å². The molecule has 2 heterocycles. The van der Waals surface area contributed by atoms with Gasteiger partial charge in [-0.1, -0.05) is 12.1 Å². The van der Waals surface area contributed by atoms with Crippen molar-refractivity contribution in [2.45, 2.75) is 44.7 Å². The molecule has 1 fully saturated rings. The number of ether oxygens (including phenoxy) is 1. The summed E-state index contributed by atoms with van der Waals surface area (Å²) < 4.78 is 58.8. The van der Waals surface area contributed by atoms with E-state index >= 15 is 0 Å². The molecule has 0 aliphatic carbocycles. The number of nitrogens with one attached hydrogen (secondary N) is 1. The third kappa shape index (κ3) is 4.72. The van der Waals surface area contributed by atoms with Gasteiger partial charge in [0.15, 0.2) is 0 Å². The molecule has 1 aliphatic heterocycles. The lowest BCUT2D eigenvalue weighted by Gasteiger charge is -2.38. The maximum Gasteiger partial charge on any atom is 0.333 e. The number of aromatic nitrogens is 2. The Balaban J connectivity index is 1.72. The number of carbonyl (C=O) groups excluding carboxylic acids is 1.